The highest BCUT2D eigenvalue weighted by atomic mass is 127. The monoisotopic (exact) mass is 454 g/mol. The fraction of sp³-hybridized carbons (Fsp3) is 0.941. The molecule has 0 aromatic carbocycles. The van der Waals surface area contributed by atoms with E-state index in [-0.39, 0.29) is 24.0 Å². The van der Waals surface area contributed by atoms with E-state index in [9.17, 15) is 0 Å². The first-order valence-electron chi connectivity index (χ1n) is 9.19. The number of morpholine rings is 1. The number of guanidine groups is 1. The fourth-order valence-corrected chi connectivity index (χ4v) is 3.32. The molecular weight excluding hydrogens is 419 g/mol. The van der Waals surface area contributed by atoms with Gasteiger partial charge in [0.1, 0.15) is 0 Å². The Morgan fingerprint density at radius 1 is 1.21 bits per heavy atom. The molecule has 0 aliphatic carbocycles. The highest BCUT2D eigenvalue weighted by molar-refractivity contribution is 14.0. The normalized spacial score (nSPS) is 22.5. The van der Waals surface area contributed by atoms with Gasteiger partial charge in [-0.3, -0.25) is 9.89 Å². The number of unbranched alkanes of at least 4 members (excludes halogenated alkanes) is 2. The van der Waals surface area contributed by atoms with E-state index in [4.69, 9.17) is 14.5 Å². The van der Waals surface area contributed by atoms with Crippen LogP contribution in [0.15, 0.2) is 4.99 Å². The molecule has 1 N–H and O–H groups in total. The van der Waals surface area contributed by atoms with E-state index >= 15 is 0 Å². The number of ether oxygens (including phenoxy) is 2. The quantitative estimate of drug-likeness (QED) is 0.262. The number of hydrogen-bond donors (Lipinski definition) is 1. The maximum absolute atomic E-state index is 5.47. The average Bonchev–Trinajstić information content (AvgIpc) is 3.08. The van der Waals surface area contributed by atoms with Crippen LogP contribution in [0.25, 0.3) is 0 Å². The fourth-order valence-electron chi connectivity index (χ4n) is 3.32. The van der Waals surface area contributed by atoms with Crippen molar-refractivity contribution in [1.29, 1.82) is 0 Å². The standard InChI is InChI=1S/C17H34N4O2.HI/c1-3-18-17(19-8-5-4-6-12-22-2)21-9-7-16(15-21)20-10-13-23-14-11-20;/h16H,3-15H2,1-2H3,(H,18,19);1H. The van der Waals surface area contributed by atoms with Gasteiger partial charge in [-0.15, -0.1) is 24.0 Å². The van der Waals surface area contributed by atoms with Crippen molar-refractivity contribution in [2.75, 3.05) is 66.2 Å². The number of aliphatic imine (C=N–C) groups is 1. The summed E-state index contributed by atoms with van der Waals surface area (Å²) in [5, 5.41) is 3.46. The van der Waals surface area contributed by atoms with Crippen LogP contribution in [-0.4, -0.2) is 88.0 Å². The molecule has 7 heteroatoms. The van der Waals surface area contributed by atoms with Gasteiger partial charge in [-0.1, -0.05) is 0 Å². The molecule has 1 atom stereocenters. The summed E-state index contributed by atoms with van der Waals surface area (Å²) in [6.07, 6.45) is 4.69. The van der Waals surface area contributed by atoms with E-state index in [0.29, 0.717) is 6.04 Å². The van der Waals surface area contributed by atoms with Crippen molar-refractivity contribution in [3.63, 3.8) is 0 Å². The lowest BCUT2D eigenvalue weighted by Gasteiger charge is -2.32. The summed E-state index contributed by atoms with van der Waals surface area (Å²) in [7, 11) is 1.76. The van der Waals surface area contributed by atoms with E-state index < -0.39 is 0 Å². The Hall–Kier alpha value is -0.120. The van der Waals surface area contributed by atoms with E-state index in [2.05, 4.69) is 22.0 Å². The third-order valence-corrected chi connectivity index (χ3v) is 4.63. The molecule has 24 heavy (non-hydrogen) atoms. The van der Waals surface area contributed by atoms with Gasteiger partial charge in [-0.25, -0.2) is 0 Å². The number of hydrogen-bond acceptors (Lipinski definition) is 4. The van der Waals surface area contributed by atoms with Crippen LogP contribution >= 0.6 is 24.0 Å². The van der Waals surface area contributed by atoms with Gasteiger partial charge in [0.05, 0.1) is 13.2 Å². The first-order valence-corrected chi connectivity index (χ1v) is 9.19. The highest BCUT2D eigenvalue weighted by Crippen LogP contribution is 2.17. The summed E-state index contributed by atoms with van der Waals surface area (Å²) in [4.78, 5) is 9.83. The summed E-state index contributed by atoms with van der Waals surface area (Å²) in [5.41, 5.74) is 0. The Morgan fingerprint density at radius 3 is 2.71 bits per heavy atom. The van der Waals surface area contributed by atoms with Crippen LogP contribution in [0.5, 0.6) is 0 Å². The Bertz CT molecular complexity index is 351. The molecule has 0 saturated carbocycles. The van der Waals surface area contributed by atoms with E-state index in [0.717, 1.165) is 77.9 Å². The van der Waals surface area contributed by atoms with Crippen LogP contribution in [0, 0.1) is 0 Å². The molecule has 142 valence electrons. The minimum atomic E-state index is 0. The lowest BCUT2D eigenvalue weighted by Crippen LogP contribution is -2.46. The maximum atomic E-state index is 5.47. The molecule has 2 fully saturated rings. The van der Waals surface area contributed by atoms with Crippen LogP contribution in [0.3, 0.4) is 0 Å². The summed E-state index contributed by atoms with van der Waals surface area (Å²) < 4.78 is 10.6. The summed E-state index contributed by atoms with van der Waals surface area (Å²) in [5.74, 6) is 1.09. The lowest BCUT2D eigenvalue weighted by molar-refractivity contribution is 0.0195. The van der Waals surface area contributed by atoms with Crippen molar-refractivity contribution in [3.05, 3.63) is 0 Å². The predicted octanol–water partition coefficient (Wildman–Crippen LogP) is 1.79. The van der Waals surface area contributed by atoms with Crippen LogP contribution in [0.1, 0.15) is 32.6 Å². The number of nitrogens with one attached hydrogen (secondary N) is 1. The minimum Gasteiger partial charge on any atom is -0.385 e. The van der Waals surface area contributed by atoms with Gasteiger partial charge in [0.2, 0.25) is 0 Å². The smallest absolute Gasteiger partial charge is 0.193 e. The summed E-state index contributed by atoms with van der Waals surface area (Å²) in [6.45, 7) is 11.0. The van der Waals surface area contributed by atoms with Gasteiger partial charge in [0.15, 0.2) is 5.96 Å². The van der Waals surface area contributed by atoms with Gasteiger partial charge < -0.3 is 19.7 Å². The zero-order chi connectivity index (χ0) is 16.3. The molecule has 2 saturated heterocycles. The summed E-state index contributed by atoms with van der Waals surface area (Å²) in [6, 6.07) is 0.657. The molecule has 1 unspecified atom stereocenters. The van der Waals surface area contributed by atoms with Crippen molar-refractivity contribution in [2.45, 2.75) is 38.6 Å². The molecular formula is C17H35IN4O2. The Kier molecular flexibility index (Phi) is 12.0. The summed E-state index contributed by atoms with van der Waals surface area (Å²) >= 11 is 0. The van der Waals surface area contributed by atoms with Gasteiger partial charge in [0.25, 0.3) is 0 Å². The maximum Gasteiger partial charge on any atom is 0.193 e. The molecule has 2 rings (SSSR count). The number of nitrogens with zero attached hydrogens (tertiary/aromatic N) is 3. The van der Waals surface area contributed by atoms with Crippen LogP contribution in [0.4, 0.5) is 0 Å². The van der Waals surface area contributed by atoms with Crippen molar-refractivity contribution in [1.82, 2.24) is 15.1 Å². The minimum absolute atomic E-state index is 0. The number of rotatable bonds is 8. The molecule has 0 spiro atoms. The number of halogens is 1. The second kappa shape index (κ2) is 13.1. The third-order valence-electron chi connectivity index (χ3n) is 4.63. The third kappa shape index (κ3) is 7.41. The Balaban J connectivity index is 0.00000288. The molecule has 0 aromatic rings. The Morgan fingerprint density at radius 2 is 2.00 bits per heavy atom. The molecule has 0 aromatic heterocycles. The van der Waals surface area contributed by atoms with Crippen LogP contribution in [-0.2, 0) is 9.47 Å². The molecule has 2 aliphatic rings. The van der Waals surface area contributed by atoms with Crippen molar-refractivity contribution >= 4 is 29.9 Å². The molecule has 6 nitrogen and oxygen atoms in total. The largest absolute Gasteiger partial charge is 0.385 e. The zero-order valence-electron chi connectivity index (χ0n) is 15.3. The first-order chi connectivity index (χ1) is 11.3. The van der Waals surface area contributed by atoms with Gasteiger partial charge in [-0.2, -0.15) is 0 Å². The topological polar surface area (TPSA) is 49.3 Å². The SMILES string of the molecule is CCNC(=NCCCCCOC)N1CCC(N2CCOCC2)C1.I. The average molecular weight is 454 g/mol. The molecule has 0 radical (unpaired) electrons. The van der Waals surface area contributed by atoms with E-state index in [1.54, 1.807) is 7.11 Å². The number of methoxy groups -OCH3 is 1. The molecule has 2 aliphatic heterocycles. The van der Waals surface area contributed by atoms with E-state index in [1.807, 2.05) is 0 Å². The molecule has 0 bridgehead atoms. The van der Waals surface area contributed by atoms with Crippen molar-refractivity contribution in [3.8, 4) is 0 Å². The zero-order valence-corrected chi connectivity index (χ0v) is 17.7. The van der Waals surface area contributed by atoms with Gasteiger partial charge in [0, 0.05) is 59.0 Å². The van der Waals surface area contributed by atoms with Crippen LogP contribution in [0.2, 0.25) is 0 Å². The predicted molar refractivity (Wildman–Crippen MR) is 109 cm³/mol. The van der Waals surface area contributed by atoms with Crippen molar-refractivity contribution in [2.24, 2.45) is 4.99 Å². The van der Waals surface area contributed by atoms with Gasteiger partial charge in [-0.05, 0) is 32.6 Å². The first kappa shape index (κ1) is 21.9. The second-order valence-corrected chi connectivity index (χ2v) is 6.33. The molecule has 0 amide bonds. The molecule has 2 heterocycles. The number of likely N-dealkylation sites (tertiary alicyclic amines) is 1. The Labute approximate surface area is 164 Å². The van der Waals surface area contributed by atoms with Crippen molar-refractivity contribution < 1.29 is 9.47 Å². The van der Waals surface area contributed by atoms with Crippen LogP contribution < -0.4 is 5.32 Å². The highest BCUT2D eigenvalue weighted by Gasteiger charge is 2.30. The second-order valence-electron chi connectivity index (χ2n) is 6.33. The lowest BCUT2D eigenvalue weighted by atomic mass is 10.2. The van der Waals surface area contributed by atoms with Gasteiger partial charge >= 0.3 is 0 Å². The van der Waals surface area contributed by atoms with E-state index in [1.165, 1.54) is 12.8 Å².